The van der Waals surface area contributed by atoms with Gasteiger partial charge in [0.1, 0.15) is 0 Å². The Morgan fingerprint density at radius 3 is 1.04 bits per heavy atom. The van der Waals surface area contributed by atoms with Gasteiger partial charge < -0.3 is 0 Å². The molecular weight excluding hydrogens is 292 g/mol. The van der Waals surface area contributed by atoms with Gasteiger partial charge in [0.2, 0.25) is 0 Å². The molecule has 2 rings (SSSR count). The van der Waals surface area contributed by atoms with Crippen molar-refractivity contribution in [3.8, 4) is 0 Å². The third kappa shape index (κ3) is 4.00. The van der Waals surface area contributed by atoms with Crippen LogP contribution in [0.25, 0.3) is 0 Å². The summed E-state index contributed by atoms with van der Waals surface area (Å²) in [5.74, 6) is 0. The molecule has 0 spiro atoms. The van der Waals surface area contributed by atoms with Gasteiger partial charge in [0.25, 0.3) is 0 Å². The zero-order valence-electron chi connectivity index (χ0n) is 16.2. The summed E-state index contributed by atoms with van der Waals surface area (Å²) in [5.41, 5.74) is 11.4. The standard InChI is InChI=1S/C22H28N2/c1-13-9-15(3)21(16(4)10-13)23-19(7)20(8)24-22-17(5)11-14(2)12-18(22)6/h9-12H,1-8H3/b23-19+,24-20+. The van der Waals surface area contributed by atoms with E-state index in [0.717, 1.165) is 22.8 Å². The fraction of sp³-hybridized carbons (Fsp3) is 0.364. The first-order chi connectivity index (χ1) is 11.2. The van der Waals surface area contributed by atoms with Gasteiger partial charge in [0.15, 0.2) is 0 Å². The number of nitrogens with zero attached hydrogens (tertiary/aromatic N) is 2. The maximum Gasteiger partial charge on any atom is 0.0692 e. The molecule has 0 aliphatic carbocycles. The molecule has 0 N–H and O–H groups in total. The molecule has 0 saturated heterocycles. The van der Waals surface area contributed by atoms with Crippen molar-refractivity contribution in [2.75, 3.05) is 0 Å². The van der Waals surface area contributed by atoms with Crippen LogP contribution >= 0.6 is 0 Å². The first-order valence-corrected chi connectivity index (χ1v) is 8.45. The fourth-order valence-electron chi connectivity index (χ4n) is 3.19. The summed E-state index contributed by atoms with van der Waals surface area (Å²) in [6, 6.07) is 8.72. The van der Waals surface area contributed by atoms with Gasteiger partial charge in [-0.05, 0) is 77.6 Å². The molecule has 0 saturated carbocycles. The lowest BCUT2D eigenvalue weighted by atomic mass is 10.0. The minimum atomic E-state index is 0.962. The van der Waals surface area contributed by atoms with E-state index in [9.17, 15) is 0 Å². The van der Waals surface area contributed by atoms with Gasteiger partial charge in [-0.15, -0.1) is 0 Å². The van der Waals surface area contributed by atoms with Crippen LogP contribution in [0, 0.1) is 41.5 Å². The summed E-state index contributed by atoms with van der Waals surface area (Å²) < 4.78 is 0. The molecular formula is C22H28N2. The van der Waals surface area contributed by atoms with Crippen molar-refractivity contribution >= 4 is 22.8 Å². The van der Waals surface area contributed by atoms with Crippen LogP contribution in [0.1, 0.15) is 47.2 Å². The van der Waals surface area contributed by atoms with Gasteiger partial charge in [0.05, 0.1) is 22.8 Å². The van der Waals surface area contributed by atoms with Crippen LogP contribution in [0.5, 0.6) is 0 Å². The van der Waals surface area contributed by atoms with Crippen LogP contribution in [0.4, 0.5) is 11.4 Å². The molecule has 0 aromatic heterocycles. The summed E-state index contributed by atoms with van der Waals surface area (Å²) in [5, 5.41) is 0. The lowest BCUT2D eigenvalue weighted by Crippen LogP contribution is -2.05. The zero-order chi connectivity index (χ0) is 18.0. The molecule has 0 aliphatic rings. The van der Waals surface area contributed by atoms with Crippen LogP contribution in [0.15, 0.2) is 34.3 Å². The Morgan fingerprint density at radius 2 is 0.792 bits per heavy atom. The van der Waals surface area contributed by atoms with E-state index < -0.39 is 0 Å². The molecule has 0 unspecified atom stereocenters. The number of hydrogen-bond acceptors (Lipinski definition) is 2. The smallest absolute Gasteiger partial charge is 0.0692 e. The van der Waals surface area contributed by atoms with Crippen molar-refractivity contribution in [3.63, 3.8) is 0 Å². The Labute approximate surface area is 146 Å². The van der Waals surface area contributed by atoms with Crippen molar-refractivity contribution in [2.24, 2.45) is 9.98 Å². The molecule has 126 valence electrons. The topological polar surface area (TPSA) is 24.7 Å². The van der Waals surface area contributed by atoms with E-state index in [1.54, 1.807) is 0 Å². The van der Waals surface area contributed by atoms with Crippen LogP contribution in [0.3, 0.4) is 0 Å². The predicted molar refractivity (Wildman–Crippen MR) is 107 cm³/mol. The third-order valence-corrected chi connectivity index (χ3v) is 4.35. The van der Waals surface area contributed by atoms with Gasteiger partial charge in [0, 0.05) is 0 Å². The number of benzene rings is 2. The second-order valence-electron chi connectivity index (χ2n) is 6.89. The highest BCUT2D eigenvalue weighted by Crippen LogP contribution is 2.27. The van der Waals surface area contributed by atoms with Gasteiger partial charge in [-0.2, -0.15) is 0 Å². The van der Waals surface area contributed by atoms with Crippen molar-refractivity contribution in [1.29, 1.82) is 0 Å². The Bertz CT molecular complexity index is 722. The highest BCUT2D eigenvalue weighted by atomic mass is 14.8. The molecule has 2 heteroatoms. The average molecular weight is 320 g/mol. The minimum Gasteiger partial charge on any atom is -0.251 e. The molecule has 2 nitrogen and oxygen atoms in total. The van der Waals surface area contributed by atoms with Gasteiger partial charge in [-0.3, -0.25) is 9.98 Å². The van der Waals surface area contributed by atoms with Gasteiger partial charge in [-0.1, -0.05) is 35.4 Å². The van der Waals surface area contributed by atoms with Crippen molar-refractivity contribution in [2.45, 2.75) is 55.4 Å². The van der Waals surface area contributed by atoms with E-state index in [1.165, 1.54) is 33.4 Å². The molecule has 24 heavy (non-hydrogen) atoms. The molecule has 0 aliphatic heterocycles. The van der Waals surface area contributed by atoms with Crippen molar-refractivity contribution < 1.29 is 0 Å². The molecule has 0 amide bonds. The number of aryl methyl sites for hydroxylation is 6. The second kappa shape index (κ2) is 7.12. The lowest BCUT2D eigenvalue weighted by molar-refractivity contribution is 1.28. The average Bonchev–Trinajstić information content (AvgIpc) is 2.46. The SMILES string of the molecule is CC(=N\c1c(C)cc(C)cc1C)/C(C)=N/c1c(C)cc(C)cc1C. The third-order valence-electron chi connectivity index (χ3n) is 4.35. The van der Waals surface area contributed by atoms with Crippen LogP contribution < -0.4 is 0 Å². The summed E-state index contributed by atoms with van der Waals surface area (Å²) in [7, 11) is 0. The van der Waals surface area contributed by atoms with Crippen LogP contribution in [-0.4, -0.2) is 11.4 Å². The zero-order valence-corrected chi connectivity index (χ0v) is 16.2. The van der Waals surface area contributed by atoms with E-state index in [-0.39, 0.29) is 0 Å². The lowest BCUT2D eigenvalue weighted by Gasteiger charge is -2.10. The largest absolute Gasteiger partial charge is 0.251 e. The molecule has 0 bridgehead atoms. The second-order valence-corrected chi connectivity index (χ2v) is 6.89. The first kappa shape index (κ1) is 18.1. The Balaban J connectivity index is 2.45. The predicted octanol–water partition coefficient (Wildman–Crippen LogP) is 6.42. The number of aliphatic imine (C=N–C) groups is 2. The van der Waals surface area contributed by atoms with E-state index in [1.807, 2.05) is 13.8 Å². The maximum atomic E-state index is 4.86. The van der Waals surface area contributed by atoms with E-state index in [2.05, 4.69) is 65.8 Å². The maximum absolute atomic E-state index is 4.86. The summed E-state index contributed by atoms with van der Waals surface area (Å²) >= 11 is 0. The normalized spacial score (nSPS) is 12.7. The van der Waals surface area contributed by atoms with E-state index in [4.69, 9.17) is 9.98 Å². The summed E-state index contributed by atoms with van der Waals surface area (Å²) in [6.45, 7) is 16.8. The van der Waals surface area contributed by atoms with Gasteiger partial charge >= 0.3 is 0 Å². The Kier molecular flexibility index (Phi) is 5.38. The first-order valence-electron chi connectivity index (χ1n) is 8.45. The van der Waals surface area contributed by atoms with Crippen LogP contribution in [-0.2, 0) is 0 Å². The molecule has 0 atom stereocenters. The van der Waals surface area contributed by atoms with Crippen molar-refractivity contribution in [1.82, 2.24) is 0 Å². The van der Waals surface area contributed by atoms with E-state index in [0.29, 0.717) is 0 Å². The highest BCUT2D eigenvalue weighted by Gasteiger charge is 2.07. The minimum absolute atomic E-state index is 0.962. The monoisotopic (exact) mass is 320 g/mol. The molecule has 2 aromatic rings. The fourth-order valence-corrected chi connectivity index (χ4v) is 3.19. The molecule has 2 aromatic carbocycles. The Hall–Kier alpha value is -2.22. The molecule has 0 radical (unpaired) electrons. The summed E-state index contributed by atoms with van der Waals surface area (Å²) in [6.07, 6.45) is 0. The quantitative estimate of drug-likeness (QED) is 0.583. The van der Waals surface area contributed by atoms with Crippen LogP contribution in [0.2, 0.25) is 0 Å². The molecule has 0 fully saturated rings. The van der Waals surface area contributed by atoms with Gasteiger partial charge in [-0.25, -0.2) is 0 Å². The molecule has 0 heterocycles. The number of rotatable bonds is 3. The number of hydrogen-bond donors (Lipinski definition) is 0. The Morgan fingerprint density at radius 1 is 0.542 bits per heavy atom. The van der Waals surface area contributed by atoms with E-state index >= 15 is 0 Å². The highest BCUT2D eigenvalue weighted by molar-refractivity contribution is 6.41. The summed E-state index contributed by atoms with van der Waals surface area (Å²) in [4.78, 5) is 9.72. The van der Waals surface area contributed by atoms with Crippen molar-refractivity contribution in [3.05, 3.63) is 57.6 Å².